The number of para-hydroxylation sites is 1. The maximum Gasteiger partial charge on any atom is 0.326 e. The number of aryl methyl sites for hydroxylation is 1. The first-order valence-electron chi connectivity index (χ1n) is 8.09. The summed E-state index contributed by atoms with van der Waals surface area (Å²) >= 11 is 0. The molecule has 1 amide bonds. The van der Waals surface area contributed by atoms with Gasteiger partial charge in [0, 0.05) is 18.0 Å². The van der Waals surface area contributed by atoms with Crippen LogP contribution in [0.15, 0.2) is 47.4 Å². The second-order valence-electron chi connectivity index (χ2n) is 6.07. The van der Waals surface area contributed by atoms with Crippen LogP contribution < -0.4 is 10.9 Å². The molecule has 1 aromatic heterocycles. The van der Waals surface area contributed by atoms with Gasteiger partial charge in [0.2, 0.25) is 0 Å². The highest BCUT2D eigenvalue weighted by atomic mass is 16.5. The molecule has 0 fully saturated rings. The Morgan fingerprint density at radius 2 is 1.92 bits per heavy atom. The molecule has 25 heavy (non-hydrogen) atoms. The van der Waals surface area contributed by atoms with E-state index < -0.39 is 18.5 Å². The number of nitrogens with one attached hydrogen (secondary N) is 1. The third kappa shape index (κ3) is 5.04. The molecule has 0 radical (unpaired) electrons. The Morgan fingerprint density at radius 1 is 1.16 bits per heavy atom. The minimum absolute atomic E-state index is 0.228. The molecule has 0 aliphatic rings. The van der Waals surface area contributed by atoms with Gasteiger partial charge in [0.1, 0.15) is 6.54 Å². The number of nitrogens with zero attached hydrogens (tertiary/aromatic N) is 1. The Balaban J connectivity index is 1.94. The fourth-order valence-electron chi connectivity index (χ4n) is 2.44. The molecule has 0 unspecified atom stereocenters. The number of ether oxygens (including phenoxy) is 1. The van der Waals surface area contributed by atoms with Crippen molar-refractivity contribution in [3.63, 3.8) is 0 Å². The number of esters is 1. The number of anilines is 1. The van der Waals surface area contributed by atoms with Crippen LogP contribution in [0.1, 0.15) is 30.9 Å². The van der Waals surface area contributed by atoms with Gasteiger partial charge >= 0.3 is 5.97 Å². The van der Waals surface area contributed by atoms with Crippen LogP contribution in [-0.4, -0.2) is 23.1 Å². The second-order valence-corrected chi connectivity index (χ2v) is 6.07. The molecule has 2 aromatic rings. The van der Waals surface area contributed by atoms with Crippen LogP contribution in [0.3, 0.4) is 0 Å². The van der Waals surface area contributed by atoms with Gasteiger partial charge in [-0.05, 0) is 30.0 Å². The van der Waals surface area contributed by atoms with E-state index in [1.807, 2.05) is 39.0 Å². The van der Waals surface area contributed by atoms with Crippen molar-refractivity contribution in [3.05, 3.63) is 64.1 Å². The number of rotatable bonds is 6. The molecular weight excluding hydrogens is 320 g/mol. The van der Waals surface area contributed by atoms with Gasteiger partial charge < -0.3 is 14.6 Å². The van der Waals surface area contributed by atoms with E-state index >= 15 is 0 Å². The van der Waals surface area contributed by atoms with Crippen LogP contribution in [0.2, 0.25) is 0 Å². The average molecular weight is 342 g/mol. The lowest BCUT2D eigenvalue weighted by atomic mass is 9.98. The summed E-state index contributed by atoms with van der Waals surface area (Å²) in [6.45, 7) is 5.38. The molecule has 132 valence electrons. The number of carbonyl (C=O) groups excluding carboxylic acids is 2. The largest absolute Gasteiger partial charge is 0.454 e. The van der Waals surface area contributed by atoms with Crippen LogP contribution in [-0.2, 0) is 20.9 Å². The molecule has 6 nitrogen and oxygen atoms in total. The zero-order valence-corrected chi connectivity index (χ0v) is 14.6. The fraction of sp³-hybridized carbons (Fsp3) is 0.316. The molecule has 0 saturated heterocycles. The first-order chi connectivity index (χ1) is 11.9. The molecule has 6 heteroatoms. The van der Waals surface area contributed by atoms with Crippen LogP contribution in [0.5, 0.6) is 0 Å². The molecule has 2 rings (SSSR count). The lowest BCUT2D eigenvalue weighted by Gasteiger charge is -2.16. The number of hydrogen-bond acceptors (Lipinski definition) is 4. The van der Waals surface area contributed by atoms with Gasteiger partial charge in [-0.25, -0.2) is 0 Å². The van der Waals surface area contributed by atoms with Gasteiger partial charge in [0.05, 0.1) is 0 Å². The smallest absolute Gasteiger partial charge is 0.326 e. The number of hydrogen-bond donors (Lipinski definition) is 1. The summed E-state index contributed by atoms with van der Waals surface area (Å²) in [7, 11) is 0. The topological polar surface area (TPSA) is 77.4 Å². The molecule has 0 saturated carbocycles. The highest BCUT2D eigenvalue weighted by Crippen LogP contribution is 2.27. The fourth-order valence-corrected chi connectivity index (χ4v) is 2.44. The highest BCUT2D eigenvalue weighted by molar-refractivity contribution is 5.94. The van der Waals surface area contributed by atoms with E-state index in [2.05, 4.69) is 5.32 Å². The summed E-state index contributed by atoms with van der Waals surface area (Å²) in [6, 6.07) is 10.4. The van der Waals surface area contributed by atoms with Crippen molar-refractivity contribution in [2.45, 2.75) is 33.2 Å². The molecule has 0 aliphatic heterocycles. The average Bonchev–Trinajstić information content (AvgIpc) is 2.56. The van der Waals surface area contributed by atoms with Crippen molar-refractivity contribution in [1.29, 1.82) is 0 Å². The van der Waals surface area contributed by atoms with Crippen molar-refractivity contribution in [1.82, 2.24) is 4.57 Å². The first-order valence-corrected chi connectivity index (χ1v) is 8.09. The summed E-state index contributed by atoms with van der Waals surface area (Å²) in [4.78, 5) is 35.5. The van der Waals surface area contributed by atoms with Gasteiger partial charge in [-0.1, -0.05) is 38.1 Å². The maximum atomic E-state index is 12.1. The minimum Gasteiger partial charge on any atom is -0.454 e. The van der Waals surface area contributed by atoms with Crippen molar-refractivity contribution in [3.8, 4) is 0 Å². The van der Waals surface area contributed by atoms with E-state index in [0.717, 1.165) is 16.8 Å². The summed E-state index contributed by atoms with van der Waals surface area (Å²) < 4.78 is 6.19. The molecular formula is C19H22N2O4. The zero-order valence-electron chi connectivity index (χ0n) is 14.6. The number of pyridine rings is 1. The highest BCUT2D eigenvalue weighted by Gasteiger charge is 2.14. The lowest BCUT2D eigenvalue weighted by molar-refractivity contribution is -0.147. The Hall–Kier alpha value is -2.89. The van der Waals surface area contributed by atoms with Crippen LogP contribution in [0, 0.1) is 6.92 Å². The summed E-state index contributed by atoms with van der Waals surface area (Å²) in [5, 5.41) is 2.81. The van der Waals surface area contributed by atoms with E-state index in [1.54, 1.807) is 12.1 Å². The Bertz CT molecular complexity index is 824. The standard InChI is InChI=1S/C19H22N2O4/c1-13(2)15-8-6-7-14(3)19(15)20-16(22)12-25-18(24)11-21-10-5-4-9-17(21)23/h4-10,13H,11-12H2,1-3H3,(H,20,22). The van der Waals surface area contributed by atoms with E-state index in [9.17, 15) is 14.4 Å². The van der Waals surface area contributed by atoms with Crippen LogP contribution in [0.4, 0.5) is 5.69 Å². The summed E-state index contributed by atoms with van der Waals surface area (Å²) in [5.74, 6) is -0.801. The van der Waals surface area contributed by atoms with E-state index in [4.69, 9.17) is 4.74 Å². The Labute approximate surface area is 146 Å². The van der Waals surface area contributed by atoms with Gasteiger partial charge in [-0.15, -0.1) is 0 Å². The third-order valence-corrected chi connectivity index (χ3v) is 3.75. The quantitative estimate of drug-likeness (QED) is 0.818. The molecule has 1 aromatic carbocycles. The van der Waals surface area contributed by atoms with Crippen molar-refractivity contribution in [2.24, 2.45) is 0 Å². The number of carbonyl (C=O) groups is 2. The molecule has 0 atom stereocenters. The predicted molar refractivity (Wildman–Crippen MR) is 95.6 cm³/mol. The van der Waals surface area contributed by atoms with Gasteiger partial charge in [-0.2, -0.15) is 0 Å². The molecule has 0 bridgehead atoms. The molecule has 1 heterocycles. The van der Waals surface area contributed by atoms with Crippen LogP contribution >= 0.6 is 0 Å². The van der Waals surface area contributed by atoms with Crippen molar-refractivity contribution >= 4 is 17.6 Å². The van der Waals surface area contributed by atoms with E-state index in [1.165, 1.54) is 16.8 Å². The van der Waals surface area contributed by atoms with Crippen molar-refractivity contribution in [2.75, 3.05) is 11.9 Å². The third-order valence-electron chi connectivity index (χ3n) is 3.75. The predicted octanol–water partition coefficient (Wildman–Crippen LogP) is 2.46. The molecule has 0 aliphatic carbocycles. The number of aromatic nitrogens is 1. The second kappa shape index (κ2) is 8.28. The van der Waals surface area contributed by atoms with Gasteiger partial charge in [-0.3, -0.25) is 14.4 Å². The normalized spacial score (nSPS) is 10.6. The maximum absolute atomic E-state index is 12.1. The Morgan fingerprint density at radius 3 is 2.60 bits per heavy atom. The van der Waals surface area contributed by atoms with Crippen molar-refractivity contribution < 1.29 is 14.3 Å². The minimum atomic E-state index is -0.641. The summed E-state index contributed by atoms with van der Waals surface area (Å²) in [6.07, 6.45) is 1.49. The van der Waals surface area contributed by atoms with E-state index in [-0.39, 0.29) is 18.0 Å². The monoisotopic (exact) mass is 342 g/mol. The number of amides is 1. The van der Waals surface area contributed by atoms with E-state index in [0.29, 0.717) is 0 Å². The molecule has 1 N–H and O–H groups in total. The lowest BCUT2D eigenvalue weighted by Crippen LogP contribution is -2.27. The van der Waals surface area contributed by atoms with Gasteiger partial charge in [0.15, 0.2) is 6.61 Å². The Kier molecular flexibility index (Phi) is 6.11. The first kappa shape index (κ1) is 18.4. The van der Waals surface area contributed by atoms with Gasteiger partial charge in [0.25, 0.3) is 11.5 Å². The molecule has 0 spiro atoms. The number of benzene rings is 1. The zero-order chi connectivity index (χ0) is 18.4. The SMILES string of the molecule is Cc1cccc(C(C)C)c1NC(=O)COC(=O)Cn1ccccc1=O. The van der Waals surface area contributed by atoms with Crippen LogP contribution in [0.25, 0.3) is 0 Å². The summed E-state index contributed by atoms with van der Waals surface area (Å²) in [5.41, 5.74) is 2.42.